The Hall–Kier alpha value is -0.610. The largest absolute Gasteiger partial charge is 0.346 e. The monoisotopic (exact) mass is 217 g/mol. The molecule has 0 amide bonds. The van der Waals surface area contributed by atoms with Crippen molar-refractivity contribution >= 4 is 5.97 Å². The fraction of sp³-hybridized carbons (Fsp3) is 0.909. The van der Waals surface area contributed by atoms with E-state index in [4.69, 9.17) is 9.78 Å². The second-order valence-corrected chi connectivity index (χ2v) is 3.97. The summed E-state index contributed by atoms with van der Waals surface area (Å²) in [6.45, 7) is 5.20. The normalized spacial score (nSPS) is 12.9. The minimum absolute atomic E-state index is 0.0816. The highest BCUT2D eigenvalue weighted by molar-refractivity contribution is 5.72. The van der Waals surface area contributed by atoms with Gasteiger partial charge in [-0.05, 0) is 26.9 Å². The van der Waals surface area contributed by atoms with E-state index in [2.05, 4.69) is 6.92 Å². The molecule has 4 heteroatoms. The third-order valence-corrected chi connectivity index (χ3v) is 1.98. The molecule has 0 aromatic rings. The van der Waals surface area contributed by atoms with E-state index >= 15 is 0 Å². The predicted octanol–water partition coefficient (Wildman–Crippen LogP) is 1.85. The number of nitrogens with zero attached hydrogens (tertiary/aromatic N) is 1. The second-order valence-electron chi connectivity index (χ2n) is 3.97. The van der Waals surface area contributed by atoms with Crippen molar-refractivity contribution in [3.05, 3.63) is 0 Å². The fourth-order valence-corrected chi connectivity index (χ4v) is 1.32. The topological polar surface area (TPSA) is 38.8 Å². The molecule has 0 aliphatic rings. The number of hydrogen-bond donors (Lipinski definition) is 0. The maximum Gasteiger partial charge on any atom is 0.346 e. The molecule has 0 aliphatic heterocycles. The molecule has 0 aromatic carbocycles. The second kappa shape index (κ2) is 8.68. The van der Waals surface area contributed by atoms with Gasteiger partial charge in [0.25, 0.3) is 0 Å². The lowest BCUT2D eigenvalue weighted by Gasteiger charge is -2.18. The Morgan fingerprint density at radius 2 is 1.93 bits per heavy atom. The van der Waals surface area contributed by atoms with Gasteiger partial charge in [-0.1, -0.05) is 20.3 Å². The number of carbonyl (C=O) groups excluding carboxylic acids is 1. The van der Waals surface area contributed by atoms with E-state index in [1.807, 2.05) is 25.9 Å². The van der Waals surface area contributed by atoms with Crippen LogP contribution in [0.3, 0.4) is 0 Å². The highest BCUT2D eigenvalue weighted by Crippen LogP contribution is 2.10. The Balaban J connectivity index is 3.92. The minimum Gasteiger partial charge on any atom is -0.309 e. The molecule has 0 radical (unpaired) electrons. The molecule has 0 spiro atoms. The van der Waals surface area contributed by atoms with Crippen molar-refractivity contribution in [1.82, 2.24) is 4.90 Å². The first-order valence-electron chi connectivity index (χ1n) is 5.59. The van der Waals surface area contributed by atoms with Crippen LogP contribution in [0.4, 0.5) is 0 Å². The van der Waals surface area contributed by atoms with Crippen LogP contribution in [0, 0.1) is 5.92 Å². The molecule has 90 valence electrons. The summed E-state index contributed by atoms with van der Waals surface area (Å²) in [5.41, 5.74) is 0. The molecule has 1 atom stereocenters. The lowest BCUT2D eigenvalue weighted by Crippen LogP contribution is -2.29. The first kappa shape index (κ1) is 14.4. The first-order chi connectivity index (χ1) is 7.11. The van der Waals surface area contributed by atoms with Crippen molar-refractivity contribution < 1.29 is 14.6 Å². The Morgan fingerprint density at radius 3 is 2.40 bits per heavy atom. The van der Waals surface area contributed by atoms with Gasteiger partial charge in [0.05, 0.1) is 12.5 Å². The smallest absolute Gasteiger partial charge is 0.309 e. The van der Waals surface area contributed by atoms with Crippen LogP contribution in [0.2, 0.25) is 0 Å². The van der Waals surface area contributed by atoms with Gasteiger partial charge in [0.15, 0.2) is 0 Å². The summed E-state index contributed by atoms with van der Waals surface area (Å²) in [5, 5.41) is 0. The molecule has 0 aliphatic carbocycles. The van der Waals surface area contributed by atoms with Crippen LogP contribution in [0.15, 0.2) is 0 Å². The Kier molecular flexibility index (Phi) is 8.33. The summed E-state index contributed by atoms with van der Waals surface area (Å²) >= 11 is 0. The molecule has 0 rings (SSSR count). The summed E-state index contributed by atoms with van der Waals surface area (Å²) in [7, 11) is 3.89. The van der Waals surface area contributed by atoms with Crippen LogP contribution in [-0.4, -0.2) is 38.1 Å². The quantitative estimate of drug-likeness (QED) is 0.353. The lowest BCUT2D eigenvalue weighted by molar-refractivity contribution is -0.276. The first-order valence-corrected chi connectivity index (χ1v) is 5.59. The van der Waals surface area contributed by atoms with Crippen LogP contribution in [0.25, 0.3) is 0 Å². The van der Waals surface area contributed by atoms with E-state index in [1.54, 1.807) is 0 Å². The zero-order valence-corrected chi connectivity index (χ0v) is 10.3. The summed E-state index contributed by atoms with van der Waals surface area (Å²) < 4.78 is 0. The maximum atomic E-state index is 11.6. The average molecular weight is 217 g/mol. The van der Waals surface area contributed by atoms with E-state index in [0.717, 1.165) is 19.3 Å². The van der Waals surface area contributed by atoms with Crippen LogP contribution in [0.1, 0.15) is 33.1 Å². The van der Waals surface area contributed by atoms with Gasteiger partial charge in [0.1, 0.15) is 0 Å². The van der Waals surface area contributed by atoms with Gasteiger partial charge < -0.3 is 4.90 Å². The van der Waals surface area contributed by atoms with E-state index in [0.29, 0.717) is 13.2 Å². The molecule has 4 nitrogen and oxygen atoms in total. The lowest BCUT2D eigenvalue weighted by atomic mass is 10.0. The standard InChI is InChI=1S/C11H23NO3/c1-5-7-10(9-12(3)4)11(13)15-14-8-6-2/h10H,5-9H2,1-4H3. The molecular formula is C11H23NO3. The molecule has 0 fully saturated rings. The van der Waals surface area contributed by atoms with Crippen molar-refractivity contribution in [3.63, 3.8) is 0 Å². The van der Waals surface area contributed by atoms with Crippen molar-refractivity contribution in [2.75, 3.05) is 27.2 Å². The van der Waals surface area contributed by atoms with Gasteiger partial charge in [-0.25, -0.2) is 4.79 Å². The van der Waals surface area contributed by atoms with Crippen LogP contribution >= 0.6 is 0 Å². The summed E-state index contributed by atoms with van der Waals surface area (Å²) in [4.78, 5) is 23.1. The highest BCUT2D eigenvalue weighted by Gasteiger charge is 2.20. The third kappa shape index (κ3) is 7.33. The van der Waals surface area contributed by atoms with Gasteiger partial charge in [0, 0.05) is 6.54 Å². The summed E-state index contributed by atoms with van der Waals surface area (Å²) in [6.07, 6.45) is 2.66. The minimum atomic E-state index is -0.251. The van der Waals surface area contributed by atoms with Gasteiger partial charge in [-0.15, -0.1) is 0 Å². The van der Waals surface area contributed by atoms with Gasteiger partial charge in [0.2, 0.25) is 0 Å². The molecule has 0 saturated carbocycles. The van der Waals surface area contributed by atoms with Crippen molar-refractivity contribution in [3.8, 4) is 0 Å². The molecule has 1 unspecified atom stereocenters. The van der Waals surface area contributed by atoms with Gasteiger partial charge in [-0.2, -0.15) is 4.89 Å². The highest BCUT2D eigenvalue weighted by atomic mass is 17.2. The molecule has 0 aromatic heterocycles. The molecule has 0 N–H and O–H groups in total. The maximum absolute atomic E-state index is 11.6. The SMILES string of the molecule is CCCOOC(=O)C(CCC)CN(C)C. The molecule has 15 heavy (non-hydrogen) atoms. The van der Waals surface area contributed by atoms with E-state index in [9.17, 15) is 4.79 Å². The van der Waals surface area contributed by atoms with Gasteiger partial charge >= 0.3 is 5.97 Å². The molecule has 0 heterocycles. The Bertz CT molecular complexity index is 171. The zero-order chi connectivity index (χ0) is 11.7. The van der Waals surface area contributed by atoms with Crippen LogP contribution in [-0.2, 0) is 14.6 Å². The van der Waals surface area contributed by atoms with Crippen molar-refractivity contribution in [1.29, 1.82) is 0 Å². The summed E-state index contributed by atoms with van der Waals surface area (Å²) in [6, 6.07) is 0. The number of rotatable bonds is 8. The van der Waals surface area contributed by atoms with Crippen molar-refractivity contribution in [2.24, 2.45) is 5.92 Å². The fourth-order valence-electron chi connectivity index (χ4n) is 1.32. The number of carbonyl (C=O) groups is 1. The van der Waals surface area contributed by atoms with E-state index in [-0.39, 0.29) is 11.9 Å². The predicted molar refractivity (Wildman–Crippen MR) is 59.3 cm³/mol. The van der Waals surface area contributed by atoms with Gasteiger partial charge in [-0.3, -0.25) is 4.89 Å². The average Bonchev–Trinajstić information content (AvgIpc) is 2.17. The number of hydrogen-bond acceptors (Lipinski definition) is 4. The Morgan fingerprint density at radius 1 is 1.27 bits per heavy atom. The third-order valence-electron chi connectivity index (χ3n) is 1.98. The molecule has 0 bridgehead atoms. The Labute approximate surface area is 92.5 Å². The van der Waals surface area contributed by atoms with Crippen LogP contribution < -0.4 is 0 Å². The molecule has 0 saturated heterocycles. The van der Waals surface area contributed by atoms with Crippen LogP contribution in [0.5, 0.6) is 0 Å². The van der Waals surface area contributed by atoms with Crippen molar-refractivity contribution in [2.45, 2.75) is 33.1 Å². The zero-order valence-electron chi connectivity index (χ0n) is 10.3. The molecular weight excluding hydrogens is 194 g/mol. The summed E-state index contributed by atoms with van der Waals surface area (Å²) in [5.74, 6) is -0.333. The van der Waals surface area contributed by atoms with E-state index < -0.39 is 0 Å². The van der Waals surface area contributed by atoms with E-state index in [1.165, 1.54) is 0 Å².